The SMILES string of the molecule is CN[C@@H](c1ccccc1)c1c[nH]c2ccccc12. The molecule has 1 heterocycles. The molecule has 0 saturated carbocycles. The van der Waals surface area contributed by atoms with E-state index in [1.54, 1.807) is 0 Å². The third-order valence-electron chi connectivity index (χ3n) is 3.35. The van der Waals surface area contributed by atoms with Crippen LogP contribution in [0.5, 0.6) is 0 Å². The lowest BCUT2D eigenvalue weighted by molar-refractivity contribution is 0.697. The summed E-state index contributed by atoms with van der Waals surface area (Å²) in [7, 11) is 2.00. The van der Waals surface area contributed by atoms with Crippen molar-refractivity contribution in [1.29, 1.82) is 0 Å². The van der Waals surface area contributed by atoms with Crippen molar-refractivity contribution >= 4 is 10.9 Å². The Kier molecular flexibility index (Phi) is 2.87. The molecule has 2 nitrogen and oxygen atoms in total. The van der Waals surface area contributed by atoms with Crippen molar-refractivity contribution in [2.75, 3.05) is 7.05 Å². The molecule has 0 radical (unpaired) electrons. The fourth-order valence-corrected chi connectivity index (χ4v) is 2.48. The van der Waals surface area contributed by atoms with Gasteiger partial charge in [-0.25, -0.2) is 0 Å². The molecule has 2 heteroatoms. The van der Waals surface area contributed by atoms with Gasteiger partial charge in [-0.2, -0.15) is 0 Å². The Bertz CT molecular complexity index is 640. The number of nitrogens with one attached hydrogen (secondary N) is 2. The van der Waals surface area contributed by atoms with Crippen LogP contribution in [0.3, 0.4) is 0 Å². The van der Waals surface area contributed by atoms with Crippen molar-refractivity contribution in [3.63, 3.8) is 0 Å². The van der Waals surface area contributed by atoms with Gasteiger partial charge in [0.2, 0.25) is 0 Å². The quantitative estimate of drug-likeness (QED) is 0.716. The largest absolute Gasteiger partial charge is 0.361 e. The van der Waals surface area contributed by atoms with E-state index in [4.69, 9.17) is 0 Å². The number of para-hydroxylation sites is 1. The van der Waals surface area contributed by atoms with Crippen molar-refractivity contribution in [3.8, 4) is 0 Å². The number of H-pyrrole nitrogens is 1. The number of hydrogen-bond acceptors (Lipinski definition) is 1. The van der Waals surface area contributed by atoms with Crippen molar-refractivity contribution in [2.45, 2.75) is 6.04 Å². The van der Waals surface area contributed by atoms with Gasteiger partial charge in [-0.05, 0) is 24.2 Å². The summed E-state index contributed by atoms with van der Waals surface area (Å²) in [4.78, 5) is 3.33. The zero-order valence-electron chi connectivity index (χ0n) is 10.4. The van der Waals surface area contributed by atoms with E-state index >= 15 is 0 Å². The van der Waals surface area contributed by atoms with Crippen LogP contribution in [-0.2, 0) is 0 Å². The van der Waals surface area contributed by atoms with Crippen molar-refractivity contribution in [1.82, 2.24) is 10.3 Å². The minimum Gasteiger partial charge on any atom is -0.361 e. The molecule has 2 aromatic carbocycles. The smallest absolute Gasteiger partial charge is 0.0595 e. The zero-order valence-corrected chi connectivity index (χ0v) is 10.4. The maximum atomic E-state index is 3.39. The highest BCUT2D eigenvalue weighted by Gasteiger charge is 2.15. The Morgan fingerprint density at radius 1 is 0.944 bits per heavy atom. The Morgan fingerprint density at radius 2 is 1.67 bits per heavy atom. The summed E-state index contributed by atoms with van der Waals surface area (Å²) in [5, 5.41) is 4.67. The molecular formula is C16H16N2. The van der Waals surface area contributed by atoms with Gasteiger partial charge in [0.15, 0.2) is 0 Å². The lowest BCUT2D eigenvalue weighted by Crippen LogP contribution is -2.17. The number of benzene rings is 2. The summed E-state index contributed by atoms with van der Waals surface area (Å²) in [6.45, 7) is 0. The molecule has 0 aliphatic carbocycles. The number of hydrogen-bond donors (Lipinski definition) is 2. The summed E-state index contributed by atoms with van der Waals surface area (Å²) < 4.78 is 0. The molecule has 90 valence electrons. The van der Waals surface area contributed by atoms with Crippen LogP contribution in [0.15, 0.2) is 60.8 Å². The molecule has 0 unspecified atom stereocenters. The fraction of sp³-hybridized carbons (Fsp3) is 0.125. The number of aromatic nitrogens is 1. The van der Waals surface area contributed by atoms with E-state index in [-0.39, 0.29) is 6.04 Å². The number of fused-ring (bicyclic) bond motifs is 1. The summed E-state index contributed by atoms with van der Waals surface area (Å²) in [6.07, 6.45) is 2.10. The predicted octanol–water partition coefficient (Wildman–Crippen LogP) is 3.48. The molecule has 0 spiro atoms. The Balaban J connectivity index is 2.12. The van der Waals surface area contributed by atoms with Gasteiger partial charge >= 0.3 is 0 Å². The first-order chi connectivity index (χ1) is 8.90. The maximum Gasteiger partial charge on any atom is 0.0595 e. The summed E-state index contributed by atoms with van der Waals surface area (Å²) in [6, 6.07) is 19.1. The van der Waals surface area contributed by atoms with E-state index in [1.165, 1.54) is 22.0 Å². The summed E-state index contributed by atoms with van der Waals surface area (Å²) >= 11 is 0. The molecule has 0 aliphatic rings. The van der Waals surface area contributed by atoms with Crippen molar-refractivity contribution < 1.29 is 0 Å². The molecule has 2 N–H and O–H groups in total. The van der Waals surface area contributed by atoms with E-state index in [1.807, 2.05) is 13.1 Å². The van der Waals surface area contributed by atoms with Gasteiger partial charge in [0, 0.05) is 17.1 Å². The summed E-state index contributed by atoms with van der Waals surface area (Å²) in [5.41, 5.74) is 3.76. The average molecular weight is 236 g/mol. The van der Waals surface area contributed by atoms with Crippen molar-refractivity contribution in [3.05, 3.63) is 71.9 Å². The van der Waals surface area contributed by atoms with Crippen LogP contribution in [0, 0.1) is 0 Å². The first-order valence-corrected chi connectivity index (χ1v) is 6.18. The number of rotatable bonds is 3. The van der Waals surface area contributed by atoms with Gasteiger partial charge in [-0.15, -0.1) is 0 Å². The second-order valence-electron chi connectivity index (χ2n) is 4.42. The van der Waals surface area contributed by atoms with Crippen LogP contribution in [0.2, 0.25) is 0 Å². The standard InChI is InChI=1S/C16H16N2/c1-17-16(12-7-3-2-4-8-12)14-11-18-15-10-6-5-9-13(14)15/h2-11,16-18H,1H3/t16-/m0/s1. The van der Waals surface area contributed by atoms with Gasteiger partial charge in [0.25, 0.3) is 0 Å². The third kappa shape index (κ3) is 1.81. The van der Waals surface area contributed by atoms with Crippen LogP contribution < -0.4 is 5.32 Å². The van der Waals surface area contributed by atoms with Gasteiger partial charge < -0.3 is 10.3 Å². The van der Waals surface area contributed by atoms with Gasteiger partial charge in [-0.1, -0.05) is 48.5 Å². The molecule has 0 bridgehead atoms. The first-order valence-electron chi connectivity index (χ1n) is 6.18. The highest BCUT2D eigenvalue weighted by molar-refractivity contribution is 5.84. The number of aromatic amines is 1. The molecule has 3 aromatic rings. The van der Waals surface area contributed by atoms with Crippen LogP contribution >= 0.6 is 0 Å². The monoisotopic (exact) mass is 236 g/mol. The zero-order chi connectivity index (χ0) is 12.4. The van der Waals surface area contributed by atoms with Crippen LogP contribution in [0.1, 0.15) is 17.2 Å². The van der Waals surface area contributed by atoms with E-state index < -0.39 is 0 Å². The van der Waals surface area contributed by atoms with Gasteiger partial charge in [0.1, 0.15) is 0 Å². The predicted molar refractivity (Wildman–Crippen MR) is 75.6 cm³/mol. The topological polar surface area (TPSA) is 27.8 Å². The van der Waals surface area contributed by atoms with Crippen LogP contribution in [0.25, 0.3) is 10.9 Å². The van der Waals surface area contributed by atoms with Gasteiger partial charge in [0.05, 0.1) is 6.04 Å². The average Bonchev–Trinajstić information content (AvgIpc) is 2.85. The van der Waals surface area contributed by atoms with E-state index in [2.05, 4.69) is 65.0 Å². The lowest BCUT2D eigenvalue weighted by Gasteiger charge is -2.16. The second-order valence-corrected chi connectivity index (χ2v) is 4.42. The van der Waals surface area contributed by atoms with Crippen molar-refractivity contribution in [2.24, 2.45) is 0 Å². The molecule has 18 heavy (non-hydrogen) atoms. The van der Waals surface area contributed by atoms with E-state index in [0.717, 1.165) is 0 Å². The molecule has 1 atom stereocenters. The highest BCUT2D eigenvalue weighted by Crippen LogP contribution is 2.28. The normalized spacial score (nSPS) is 12.7. The Hall–Kier alpha value is -2.06. The van der Waals surface area contributed by atoms with Gasteiger partial charge in [-0.3, -0.25) is 0 Å². The first kappa shape index (κ1) is 11.1. The maximum absolute atomic E-state index is 3.39. The third-order valence-corrected chi connectivity index (χ3v) is 3.35. The minimum atomic E-state index is 0.224. The summed E-state index contributed by atoms with van der Waals surface area (Å²) in [5.74, 6) is 0. The molecule has 0 saturated heterocycles. The second kappa shape index (κ2) is 4.67. The molecule has 1 aromatic heterocycles. The molecule has 0 fully saturated rings. The Labute approximate surface area is 107 Å². The Morgan fingerprint density at radius 3 is 2.44 bits per heavy atom. The fourth-order valence-electron chi connectivity index (χ4n) is 2.48. The lowest BCUT2D eigenvalue weighted by atomic mass is 9.98. The van der Waals surface area contributed by atoms with E-state index in [9.17, 15) is 0 Å². The molecule has 0 aliphatic heterocycles. The minimum absolute atomic E-state index is 0.224. The molecule has 3 rings (SSSR count). The molecular weight excluding hydrogens is 220 g/mol. The molecule has 0 amide bonds. The van der Waals surface area contributed by atoms with Crippen LogP contribution in [-0.4, -0.2) is 12.0 Å². The van der Waals surface area contributed by atoms with E-state index in [0.29, 0.717) is 0 Å². The highest BCUT2D eigenvalue weighted by atomic mass is 14.9. The van der Waals surface area contributed by atoms with Crippen LogP contribution in [0.4, 0.5) is 0 Å².